The van der Waals surface area contributed by atoms with Gasteiger partial charge in [0.05, 0.1) is 12.2 Å². The molecular formula is C24H34F3N5O2. The summed E-state index contributed by atoms with van der Waals surface area (Å²) in [5.41, 5.74) is 1.49. The number of hydrogen-bond donors (Lipinski definition) is 3. The number of ether oxygens (including phenoxy) is 1. The Bertz CT molecular complexity index is 864. The van der Waals surface area contributed by atoms with Gasteiger partial charge in [-0.3, -0.25) is 4.79 Å². The van der Waals surface area contributed by atoms with Crippen LogP contribution in [-0.2, 0) is 4.74 Å². The molecule has 188 valence electrons. The summed E-state index contributed by atoms with van der Waals surface area (Å²) >= 11 is 0. The van der Waals surface area contributed by atoms with E-state index in [4.69, 9.17) is 0 Å². The number of carbonyl (C=O) groups excluding carboxylic acids is 1. The van der Waals surface area contributed by atoms with E-state index in [9.17, 15) is 18.0 Å². The zero-order valence-corrected chi connectivity index (χ0v) is 19.9. The van der Waals surface area contributed by atoms with E-state index in [1.54, 1.807) is 19.1 Å². The fourth-order valence-electron chi connectivity index (χ4n) is 3.50. The number of aldehydes is 1. The van der Waals surface area contributed by atoms with Crippen molar-refractivity contribution in [2.45, 2.75) is 70.7 Å². The van der Waals surface area contributed by atoms with Crippen molar-refractivity contribution in [3.05, 3.63) is 47.4 Å². The lowest BCUT2D eigenvalue weighted by atomic mass is 9.95. The number of hydrogen-bond acceptors (Lipinski definition) is 7. The molecule has 34 heavy (non-hydrogen) atoms. The number of anilines is 2. The molecule has 0 bridgehead atoms. The average molecular weight is 482 g/mol. The first kappa shape index (κ1) is 27.5. The van der Waals surface area contributed by atoms with Gasteiger partial charge in [0.25, 0.3) is 0 Å². The number of rotatable bonds is 10. The van der Waals surface area contributed by atoms with Crippen molar-refractivity contribution in [2.24, 2.45) is 0 Å². The van der Waals surface area contributed by atoms with Gasteiger partial charge in [0, 0.05) is 24.3 Å². The van der Waals surface area contributed by atoms with E-state index < -0.39 is 6.61 Å². The van der Waals surface area contributed by atoms with E-state index in [2.05, 4.69) is 30.7 Å². The van der Waals surface area contributed by atoms with Gasteiger partial charge in [-0.25, -0.2) is 9.37 Å². The lowest BCUT2D eigenvalue weighted by Crippen LogP contribution is -2.26. The Labute approximate surface area is 198 Å². The molecule has 2 atom stereocenters. The fraction of sp³-hybridized carbons (Fsp3) is 0.542. The van der Waals surface area contributed by atoms with Crippen LogP contribution in [0.1, 0.15) is 67.9 Å². The van der Waals surface area contributed by atoms with Crippen molar-refractivity contribution in [2.75, 3.05) is 24.3 Å². The second-order valence-corrected chi connectivity index (χ2v) is 8.30. The van der Waals surface area contributed by atoms with Gasteiger partial charge in [-0.1, -0.05) is 31.4 Å². The Balaban J connectivity index is 0.000000310. The minimum absolute atomic E-state index is 0.165. The van der Waals surface area contributed by atoms with Gasteiger partial charge >= 0.3 is 6.61 Å². The van der Waals surface area contributed by atoms with Crippen LogP contribution in [0.3, 0.4) is 0 Å². The first-order valence-corrected chi connectivity index (χ1v) is 11.5. The lowest BCUT2D eigenvalue weighted by molar-refractivity contribution is -0.130. The molecule has 3 rings (SSSR count). The molecule has 1 aromatic carbocycles. The molecule has 1 aliphatic rings. The molecule has 7 nitrogen and oxygen atoms in total. The summed E-state index contributed by atoms with van der Waals surface area (Å²) in [4.78, 5) is 19.5. The van der Waals surface area contributed by atoms with Crippen molar-refractivity contribution in [1.29, 1.82) is 0 Å². The molecule has 0 saturated heterocycles. The van der Waals surface area contributed by atoms with E-state index in [1.807, 2.05) is 14.0 Å². The standard InChI is InChI=1S/C15H22F2N4O2.C9H12FN/c1-10(9-23-14(16)17)19-15-18-7-11(8-22)13(21-15)20-12-5-3-2-4-6-12;1-7(11-2)8-3-5-9(10)6-4-8/h7-8,10,12,14H,2-6,9H2,1H3,(H2,18,19,20,21);3-7,11H,1-2H3/t10-;/m0./s1. The molecule has 0 spiro atoms. The first-order valence-electron chi connectivity index (χ1n) is 11.5. The van der Waals surface area contributed by atoms with Crippen LogP contribution in [0.15, 0.2) is 30.5 Å². The van der Waals surface area contributed by atoms with Crippen LogP contribution >= 0.6 is 0 Å². The van der Waals surface area contributed by atoms with Crippen molar-refractivity contribution in [3.63, 3.8) is 0 Å². The highest BCUT2D eigenvalue weighted by molar-refractivity contribution is 5.82. The Morgan fingerprint density at radius 2 is 1.82 bits per heavy atom. The third-order valence-electron chi connectivity index (χ3n) is 5.54. The Morgan fingerprint density at radius 1 is 1.15 bits per heavy atom. The third kappa shape index (κ3) is 9.64. The molecule has 2 aromatic rings. The Hall–Kier alpha value is -2.72. The lowest BCUT2D eigenvalue weighted by Gasteiger charge is -2.24. The summed E-state index contributed by atoms with van der Waals surface area (Å²) in [6.07, 6.45) is 7.77. The van der Waals surface area contributed by atoms with E-state index in [0.29, 0.717) is 23.7 Å². The summed E-state index contributed by atoms with van der Waals surface area (Å²) < 4.78 is 40.7. The second-order valence-electron chi connectivity index (χ2n) is 8.30. The number of nitrogens with one attached hydrogen (secondary N) is 3. The minimum Gasteiger partial charge on any atom is -0.367 e. The van der Waals surface area contributed by atoms with E-state index in [1.165, 1.54) is 24.8 Å². The van der Waals surface area contributed by atoms with Crippen molar-refractivity contribution in [3.8, 4) is 0 Å². The molecule has 1 unspecified atom stereocenters. The maximum atomic E-state index is 12.4. The van der Waals surface area contributed by atoms with Gasteiger partial charge in [0.15, 0.2) is 6.29 Å². The average Bonchev–Trinajstić information content (AvgIpc) is 2.84. The van der Waals surface area contributed by atoms with Crippen LogP contribution in [0.25, 0.3) is 0 Å². The summed E-state index contributed by atoms with van der Waals surface area (Å²) in [5.74, 6) is 0.572. The first-order chi connectivity index (χ1) is 16.3. The number of nitrogens with zero attached hydrogens (tertiary/aromatic N) is 2. The molecule has 10 heteroatoms. The van der Waals surface area contributed by atoms with Gasteiger partial charge < -0.3 is 20.7 Å². The number of aromatic nitrogens is 2. The monoisotopic (exact) mass is 481 g/mol. The molecule has 0 aliphatic heterocycles. The molecule has 1 fully saturated rings. The van der Waals surface area contributed by atoms with Crippen LogP contribution in [0.4, 0.5) is 24.9 Å². The molecule has 1 aliphatic carbocycles. The highest BCUT2D eigenvalue weighted by atomic mass is 19.3. The zero-order chi connectivity index (χ0) is 24.9. The number of alkyl halides is 2. The number of halogens is 3. The fourth-order valence-corrected chi connectivity index (χ4v) is 3.50. The normalized spacial score (nSPS) is 15.7. The zero-order valence-electron chi connectivity index (χ0n) is 19.9. The highest BCUT2D eigenvalue weighted by Gasteiger charge is 2.17. The molecule has 1 heterocycles. The predicted molar refractivity (Wildman–Crippen MR) is 127 cm³/mol. The topological polar surface area (TPSA) is 88.2 Å². The molecule has 0 radical (unpaired) electrons. The van der Waals surface area contributed by atoms with Crippen LogP contribution in [0.5, 0.6) is 0 Å². The van der Waals surface area contributed by atoms with E-state index in [-0.39, 0.29) is 30.5 Å². The summed E-state index contributed by atoms with van der Waals surface area (Å²) in [6.45, 7) is 0.754. The van der Waals surface area contributed by atoms with Gasteiger partial charge in [-0.2, -0.15) is 13.8 Å². The van der Waals surface area contributed by atoms with Gasteiger partial charge in [0.1, 0.15) is 11.6 Å². The van der Waals surface area contributed by atoms with Crippen LogP contribution in [0.2, 0.25) is 0 Å². The summed E-state index contributed by atoms with van der Waals surface area (Å²) in [7, 11) is 1.88. The van der Waals surface area contributed by atoms with Gasteiger partial charge in [-0.05, 0) is 51.4 Å². The predicted octanol–water partition coefficient (Wildman–Crippen LogP) is 5.18. The SMILES string of the molecule is CNC(C)c1ccc(F)cc1.C[C@@H](COC(F)F)Nc1ncc(C=O)c(NC2CCCCC2)n1. The molecule has 1 aromatic heterocycles. The van der Waals surface area contributed by atoms with Crippen molar-refractivity contribution >= 4 is 18.1 Å². The molecular weight excluding hydrogens is 447 g/mol. The third-order valence-corrected chi connectivity index (χ3v) is 5.54. The number of benzene rings is 1. The summed E-state index contributed by atoms with van der Waals surface area (Å²) in [5, 5.41) is 9.26. The smallest absolute Gasteiger partial charge is 0.345 e. The molecule has 0 amide bonds. The van der Waals surface area contributed by atoms with Crippen molar-refractivity contribution < 1.29 is 22.7 Å². The second kappa shape index (κ2) is 14.5. The maximum absolute atomic E-state index is 12.4. The van der Waals surface area contributed by atoms with Crippen molar-refractivity contribution in [1.82, 2.24) is 15.3 Å². The van der Waals surface area contributed by atoms with E-state index >= 15 is 0 Å². The highest BCUT2D eigenvalue weighted by Crippen LogP contribution is 2.22. The van der Waals surface area contributed by atoms with Crippen LogP contribution < -0.4 is 16.0 Å². The maximum Gasteiger partial charge on any atom is 0.345 e. The quantitative estimate of drug-likeness (QED) is 0.403. The van der Waals surface area contributed by atoms with Gasteiger partial charge in [-0.15, -0.1) is 0 Å². The summed E-state index contributed by atoms with van der Waals surface area (Å²) in [6, 6.07) is 6.73. The number of carbonyl (C=O) groups is 1. The molecule has 3 N–H and O–H groups in total. The Kier molecular flexibility index (Phi) is 11.8. The van der Waals surface area contributed by atoms with Crippen LogP contribution in [-0.4, -0.2) is 48.6 Å². The largest absolute Gasteiger partial charge is 0.367 e. The van der Waals surface area contributed by atoms with Crippen LogP contribution in [0, 0.1) is 5.82 Å². The Morgan fingerprint density at radius 3 is 2.41 bits per heavy atom. The van der Waals surface area contributed by atoms with E-state index in [0.717, 1.165) is 31.2 Å². The molecule has 1 saturated carbocycles. The minimum atomic E-state index is -2.80. The van der Waals surface area contributed by atoms with Gasteiger partial charge in [0.2, 0.25) is 5.95 Å².